The minimum Gasteiger partial charge on any atom is -0.451 e. The van der Waals surface area contributed by atoms with E-state index in [2.05, 4.69) is 0 Å². The van der Waals surface area contributed by atoms with E-state index < -0.39 is 23.2 Å². The number of hydrogen-bond donors (Lipinski definition) is 0. The van der Waals surface area contributed by atoms with Gasteiger partial charge in [-0.1, -0.05) is 0 Å². The molecule has 0 saturated heterocycles. The van der Waals surface area contributed by atoms with Crippen molar-refractivity contribution < 1.29 is 22.7 Å². The van der Waals surface area contributed by atoms with Gasteiger partial charge in [0.2, 0.25) is 0 Å². The molecule has 0 aliphatic heterocycles. The first-order valence-electron chi connectivity index (χ1n) is 5.37. The van der Waals surface area contributed by atoms with Crippen LogP contribution < -0.4 is 4.74 Å². The molecule has 3 nitrogen and oxygen atoms in total. The highest BCUT2D eigenvalue weighted by molar-refractivity contribution is 5.75. The molecule has 0 radical (unpaired) electrons. The van der Waals surface area contributed by atoms with Gasteiger partial charge in [-0.15, -0.1) is 0 Å². The molecule has 0 spiro atoms. The van der Waals surface area contributed by atoms with Crippen LogP contribution in [0, 0.1) is 28.8 Å². The predicted molar refractivity (Wildman–Crippen MR) is 62.9 cm³/mol. The van der Waals surface area contributed by atoms with E-state index in [0.29, 0.717) is 0 Å². The summed E-state index contributed by atoms with van der Waals surface area (Å²) in [6.45, 7) is 0. The van der Waals surface area contributed by atoms with Crippen molar-refractivity contribution in [1.82, 2.24) is 0 Å². The van der Waals surface area contributed by atoms with Gasteiger partial charge in [-0.3, -0.25) is 4.79 Å². The zero-order valence-electron chi connectivity index (χ0n) is 9.86. The van der Waals surface area contributed by atoms with E-state index in [-0.39, 0.29) is 23.2 Å². The van der Waals surface area contributed by atoms with Gasteiger partial charge in [0.05, 0.1) is 5.56 Å². The molecule has 100 valence electrons. The molecule has 20 heavy (non-hydrogen) atoms. The Morgan fingerprint density at radius 2 is 1.70 bits per heavy atom. The molecule has 0 unspecified atom stereocenters. The Kier molecular flexibility index (Phi) is 3.71. The number of halogens is 3. The topological polar surface area (TPSA) is 50.1 Å². The van der Waals surface area contributed by atoms with Crippen LogP contribution in [0.1, 0.15) is 15.9 Å². The third kappa shape index (κ3) is 2.62. The number of rotatable bonds is 3. The van der Waals surface area contributed by atoms with Crippen molar-refractivity contribution in [2.75, 3.05) is 0 Å². The highest BCUT2D eigenvalue weighted by Gasteiger charge is 2.14. The molecule has 0 amide bonds. The lowest BCUT2D eigenvalue weighted by Crippen LogP contribution is -1.96. The van der Waals surface area contributed by atoms with Crippen LogP contribution in [0.3, 0.4) is 0 Å². The van der Waals surface area contributed by atoms with Crippen LogP contribution in [0.5, 0.6) is 11.5 Å². The molecule has 2 aromatic rings. The van der Waals surface area contributed by atoms with Gasteiger partial charge in [-0.25, -0.2) is 13.2 Å². The number of carbonyl (C=O) groups is 1. The maximum absolute atomic E-state index is 13.6. The fourth-order valence-electron chi connectivity index (χ4n) is 1.51. The standard InChI is InChI=1S/C14H6F3NO2/c15-11-5-10(2-1-9(11)6-18)20-14-12(16)3-8(7-19)4-13(14)17/h1-5,7H. The quantitative estimate of drug-likeness (QED) is 0.806. The first kappa shape index (κ1) is 13.6. The predicted octanol–water partition coefficient (Wildman–Crippen LogP) is 3.58. The summed E-state index contributed by atoms with van der Waals surface area (Å²) in [6.07, 6.45) is 0.289. The molecule has 0 bridgehead atoms. The fourth-order valence-corrected chi connectivity index (χ4v) is 1.51. The van der Waals surface area contributed by atoms with Crippen LogP contribution in [0.15, 0.2) is 30.3 Å². The molecule has 0 atom stereocenters. The molecule has 0 fully saturated rings. The summed E-state index contributed by atoms with van der Waals surface area (Å²) >= 11 is 0. The summed E-state index contributed by atoms with van der Waals surface area (Å²) in [4.78, 5) is 10.4. The second kappa shape index (κ2) is 5.45. The minimum absolute atomic E-state index is 0.168. The van der Waals surface area contributed by atoms with Crippen molar-refractivity contribution in [2.45, 2.75) is 0 Å². The second-order valence-electron chi connectivity index (χ2n) is 3.79. The van der Waals surface area contributed by atoms with E-state index in [9.17, 15) is 18.0 Å². The van der Waals surface area contributed by atoms with Crippen molar-refractivity contribution >= 4 is 6.29 Å². The van der Waals surface area contributed by atoms with E-state index in [1.807, 2.05) is 0 Å². The number of benzene rings is 2. The smallest absolute Gasteiger partial charge is 0.198 e. The summed E-state index contributed by atoms with van der Waals surface area (Å²) < 4.78 is 45.4. The van der Waals surface area contributed by atoms with Gasteiger partial charge in [0.25, 0.3) is 0 Å². The Hall–Kier alpha value is -2.81. The van der Waals surface area contributed by atoms with Gasteiger partial charge < -0.3 is 4.74 Å². The Morgan fingerprint density at radius 3 is 2.20 bits per heavy atom. The Balaban J connectivity index is 2.38. The van der Waals surface area contributed by atoms with Gasteiger partial charge >= 0.3 is 0 Å². The van der Waals surface area contributed by atoms with E-state index in [4.69, 9.17) is 10.00 Å². The number of carbonyl (C=O) groups excluding carboxylic acids is 1. The number of aldehydes is 1. The first-order valence-corrected chi connectivity index (χ1v) is 5.37. The lowest BCUT2D eigenvalue weighted by atomic mass is 10.2. The molecular formula is C14H6F3NO2. The Labute approximate surface area is 111 Å². The lowest BCUT2D eigenvalue weighted by Gasteiger charge is -2.08. The fraction of sp³-hybridized carbons (Fsp3) is 0. The molecule has 0 aromatic heterocycles. The molecular weight excluding hydrogens is 271 g/mol. The highest BCUT2D eigenvalue weighted by atomic mass is 19.1. The largest absolute Gasteiger partial charge is 0.451 e. The molecule has 6 heteroatoms. The van der Waals surface area contributed by atoms with Crippen molar-refractivity contribution in [3.63, 3.8) is 0 Å². The number of nitrogens with zero attached hydrogens (tertiary/aromatic N) is 1. The van der Waals surface area contributed by atoms with Crippen LogP contribution >= 0.6 is 0 Å². The van der Waals surface area contributed by atoms with Gasteiger partial charge in [0.1, 0.15) is 23.9 Å². The highest BCUT2D eigenvalue weighted by Crippen LogP contribution is 2.29. The van der Waals surface area contributed by atoms with Gasteiger partial charge in [-0.2, -0.15) is 5.26 Å². The zero-order valence-corrected chi connectivity index (χ0v) is 9.86. The van der Waals surface area contributed by atoms with Crippen LogP contribution in [0.2, 0.25) is 0 Å². The monoisotopic (exact) mass is 277 g/mol. The number of nitriles is 1. The van der Waals surface area contributed by atoms with E-state index in [1.54, 1.807) is 6.07 Å². The molecule has 0 saturated carbocycles. The summed E-state index contributed by atoms with van der Waals surface area (Å²) in [5, 5.41) is 8.56. The minimum atomic E-state index is -1.09. The molecule has 2 rings (SSSR count). The normalized spacial score (nSPS) is 9.90. The first-order chi connectivity index (χ1) is 9.55. The van der Waals surface area contributed by atoms with Gasteiger partial charge in [0.15, 0.2) is 17.4 Å². The average molecular weight is 277 g/mol. The SMILES string of the molecule is N#Cc1ccc(Oc2c(F)cc(C=O)cc2F)cc1F. The zero-order chi connectivity index (χ0) is 14.7. The van der Waals surface area contributed by atoms with Crippen molar-refractivity contribution in [2.24, 2.45) is 0 Å². The van der Waals surface area contributed by atoms with Crippen LogP contribution in [-0.4, -0.2) is 6.29 Å². The lowest BCUT2D eigenvalue weighted by molar-refractivity contribution is 0.112. The third-order valence-corrected chi connectivity index (χ3v) is 2.44. The van der Waals surface area contributed by atoms with Crippen molar-refractivity contribution in [3.8, 4) is 17.6 Å². The second-order valence-corrected chi connectivity index (χ2v) is 3.79. The maximum atomic E-state index is 13.6. The average Bonchev–Trinajstić information content (AvgIpc) is 2.42. The van der Waals surface area contributed by atoms with Crippen LogP contribution in [0.4, 0.5) is 13.2 Å². The summed E-state index contributed by atoms with van der Waals surface area (Å²) in [7, 11) is 0. The number of ether oxygens (including phenoxy) is 1. The van der Waals surface area contributed by atoms with Crippen LogP contribution in [0.25, 0.3) is 0 Å². The van der Waals surface area contributed by atoms with Gasteiger partial charge in [0, 0.05) is 11.6 Å². The molecule has 2 aromatic carbocycles. The summed E-state index contributed by atoms with van der Waals surface area (Å²) in [5.74, 6) is -3.96. The van der Waals surface area contributed by atoms with E-state index in [0.717, 1.165) is 24.3 Å². The molecule has 0 heterocycles. The Bertz CT molecular complexity index is 700. The van der Waals surface area contributed by atoms with Gasteiger partial charge in [-0.05, 0) is 24.3 Å². The van der Waals surface area contributed by atoms with Crippen LogP contribution in [-0.2, 0) is 0 Å². The van der Waals surface area contributed by atoms with E-state index >= 15 is 0 Å². The number of hydrogen-bond acceptors (Lipinski definition) is 3. The Morgan fingerprint density at radius 1 is 1.05 bits per heavy atom. The molecule has 0 aliphatic carbocycles. The van der Waals surface area contributed by atoms with E-state index in [1.165, 1.54) is 6.07 Å². The summed E-state index contributed by atoms with van der Waals surface area (Å²) in [6, 6.07) is 6.37. The summed E-state index contributed by atoms with van der Waals surface area (Å²) in [5.41, 5.74) is -0.395. The maximum Gasteiger partial charge on any atom is 0.198 e. The van der Waals surface area contributed by atoms with Crippen molar-refractivity contribution in [1.29, 1.82) is 5.26 Å². The van der Waals surface area contributed by atoms with Crippen molar-refractivity contribution in [3.05, 3.63) is 58.9 Å². The molecule has 0 N–H and O–H groups in total. The third-order valence-electron chi connectivity index (χ3n) is 2.44. The molecule has 0 aliphatic rings.